The van der Waals surface area contributed by atoms with Gasteiger partial charge in [0.2, 0.25) is 11.7 Å². The Kier molecular flexibility index (Phi) is 6.95. The predicted octanol–water partition coefficient (Wildman–Crippen LogP) is 4.52. The number of ether oxygens (including phenoxy) is 2. The van der Waals surface area contributed by atoms with Crippen LogP contribution in [0.3, 0.4) is 0 Å². The fourth-order valence-electron chi connectivity index (χ4n) is 2.98. The van der Waals surface area contributed by atoms with E-state index in [0.29, 0.717) is 23.9 Å². The lowest BCUT2D eigenvalue weighted by molar-refractivity contribution is -0.128. The fourth-order valence-corrected chi connectivity index (χ4v) is 2.98. The molecule has 3 aromatic rings. The Morgan fingerprint density at radius 1 is 1.06 bits per heavy atom. The van der Waals surface area contributed by atoms with Crippen molar-refractivity contribution in [1.82, 2.24) is 15.5 Å². The molecule has 164 valence electrons. The van der Waals surface area contributed by atoms with Gasteiger partial charge >= 0.3 is 0 Å². The molecule has 0 aliphatic heterocycles. The SMILES string of the molecule is CC[C@@H](Oc1ccc(C(C)(C)C)cc1)C(=O)NCc1nc(-c2ccc(OC)cc2)no1. The summed E-state index contributed by atoms with van der Waals surface area (Å²) in [5.74, 6) is 1.96. The summed E-state index contributed by atoms with van der Waals surface area (Å²) in [6, 6.07) is 15.2. The van der Waals surface area contributed by atoms with E-state index in [2.05, 4.69) is 36.2 Å². The van der Waals surface area contributed by atoms with Gasteiger partial charge in [-0.05, 0) is 53.8 Å². The van der Waals surface area contributed by atoms with Crippen LogP contribution >= 0.6 is 0 Å². The van der Waals surface area contributed by atoms with Crippen molar-refractivity contribution in [2.45, 2.75) is 52.2 Å². The number of methoxy groups -OCH3 is 1. The average molecular weight is 424 g/mol. The first-order valence-electron chi connectivity index (χ1n) is 10.3. The molecule has 1 amide bonds. The third-order valence-corrected chi connectivity index (χ3v) is 4.89. The van der Waals surface area contributed by atoms with Crippen molar-refractivity contribution in [3.8, 4) is 22.9 Å². The zero-order valence-corrected chi connectivity index (χ0v) is 18.6. The summed E-state index contributed by atoms with van der Waals surface area (Å²) in [4.78, 5) is 16.9. The Balaban J connectivity index is 1.57. The van der Waals surface area contributed by atoms with Crippen LogP contribution in [-0.4, -0.2) is 29.3 Å². The van der Waals surface area contributed by atoms with Crippen LogP contribution < -0.4 is 14.8 Å². The summed E-state index contributed by atoms with van der Waals surface area (Å²) in [6.07, 6.45) is -0.0715. The fraction of sp³-hybridized carbons (Fsp3) is 0.375. The van der Waals surface area contributed by atoms with Crippen LogP contribution in [0.25, 0.3) is 11.4 Å². The summed E-state index contributed by atoms with van der Waals surface area (Å²) in [5.41, 5.74) is 2.08. The second-order valence-electron chi connectivity index (χ2n) is 8.25. The van der Waals surface area contributed by atoms with E-state index in [1.54, 1.807) is 7.11 Å². The van der Waals surface area contributed by atoms with Crippen LogP contribution in [-0.2, 0) is 16.8 Å². The molecule has 0 saturated carbocycles. The molecule has 2 aromatic carbocycles. The largest absolute Gasteiger partial charge is 0.497 e. The molecule has 0 aliphatic rings. The summed E-state index contributed by atoms with van der Waals surface area (Å²) >= 11 is 0. The highest BCUT2D eigenvalue weighted by Gasteiger charge is 2.20. The molecule has 1 heterocycles. The molecular weight excluding hydrogens is 394 g/mol. The van der Waals surface area contributed by atoms with E-state index in [9.17, 15) is 4.79 Å². The lowest BCUT2D eigenvalue weighted by Gasteiger charge is -2.20. The number of hydrogen-bond donors (Lipinski definition) is 1. The molecule has 0 aliphatic carbocycles. The van der Waals surface area contributed by atoms with Crippen LogP contribution in [0.2, 0.25) is 0 Å². The van der Waals surface area contributed by atoms with E-state index in [1.807, 2.05) is 55.5 Å². The maximum Gasteiger partial charge on any atom is 0.261 e. The van der Waals surface area contributed by atoms with Gasteiger partial charge in [-0.1, -0.05) is 45.0 Å². The number of nitrogens with zero attached hydrogens (tertiary/aromatic N) is 2. The van der Waals surface area contributed by atoms with Crippen LogP contribution in [0.4, 0.5) is 0 Å². The molecule has 0 unspecified atom stereocenters. The first-order valence-corrected chi connectivity index (χ1v) is 10.3. The highest BCUT2D eigenvalue weighted by Crippen LogP contribution is 2.25. The maximum atomic E-state index is 12.6. The third kappa shape index (κ3) is 5.84. The smallest absolute Gasteiger partial charge is 0.261 e. The zero-order chi connectivity index (χ0) is 22.4. The van der Waals surface area contributed by atoms with Gasteiger partial charge in [-0.15, -0.1) is 0 Å². The van der Waals surface area contributed by atoms with Gasteiger partial charge in [0.1, 0.15) is 11.5 Å². The molecule has 1 N–H and O–H groups in total. The Morgan fingerprint density at radius 3 is 2.29 bits per heavy atom. The van der Waals surface area contributed by atoms with Crippen molar-refractivity contribution < 1.29 is 18.8 Å². The number of carbonyl (C=O) groups is 1. The minimum absolute atomic E-state index is 0.0643. The number of carbonyl (C=O) groups excluding carboxylic acids is 1. The average Bonchev–Trinajstić information content (AvgIpc) is 3.24. The highest BCUT2D eigenvalue weighted by molar-refractivity contribution is 5.81. The van der Waals surface area contributed by atoms with Gasteiger partial charge in [-0.3, -0.25) is 4.79 Å². The van der Waals surface area contributed by atoms with Gasteiger partial charge in [0, 0.05) is 5.56 Å². The summed E-state index contributed by atoms with van der Waals surface area (Å²) in [6.45, 7) is 8.50. The van der Waals surface area contributed by atoms with Gasteiger partial charge in [0.05, 0.1) is 13.7 Å². The second-order valence-corrected chi connectivity index (χ2v) is 8.25. The molecule has 31 heavy (non-hydrogen) atoms. The van der Waals surface area contributed by atoms with Gasteiger partial charge in [0.25, 0.3) is 5.91 Å². The van der Waals surface area contributed by atoms with Crippen molar-refractivity contribution in [3.05, 3.63) is 60.0 Å². The normalized spacial score (nSPS) is 12.3. The highest BCUT2D eigenvalue weighted by atomic mass is 16.5. The quantitative estimate of drug-likeness (QED) is 0.573. The molecule has 1 aromatic heterocycles. The lowest BCUT2D eigenvalue weighted by Crippen LogP contribution is -2.37. The molecule has 0 radical (unpaired) electrons. The molecule has 0 spiro atoms. The molecule has 1 atom stereocenters. The van der Waals surface area contributed by atoms with Crippen LogP contribution in [0.5, 0.6) is 11.5 Å². The topological polar surface area (TPSA) is 86.5 Å². The van der Waals surface area contributed by atoms with Crippen molar-refractivity contribution in [3.63, 3.8) is 0 Å². The van der Waals surface area contributed by atoms with Crippen molar-refractivity contribution in [2.24, 2.45) is 0 Å². The monoisotopic (exact) mass is 423 g/mol. The summed E-state index contributed by atoms with van der Waals surface area (Å²) in [5, 5.41) is 6.78. The van der Waals surface area contributed by atoms with Crippen molar-refractivity contribution in [2.75, 3.05) is 7.11 Å². The van der Waals surface area contributed by atoms with E-state index in [-0.39, 0.29) is 17.9 Å². The third-order valence-electron chi connectivity index (χ3n) is 4.89. The number of hydrogen-bond acceptors (Lipinski definition) is 6. The Morgan fingerprint density at radius 2 is 1.71 bits per heavy atom. The molecule has 0 saturated heterocycles. The first kappa shape index (κ1) is 22.3. The zero-order valence-electron chi connectivity index (χ0n) is 18.6. The number of aromatic nitrogens is 2. The van der Waals surface area contributed by atoms with Crippen LogP contribution in [0.1, 0.15) is 45.6 Å². The van der Waals surface area contributed by atoms with Gasteiger partial charge in [-0.2, -0.15) is 4.98 Å². The molecular formula is C24H29N3O4. The van der Waals surface area contributed by atoms with Crippen LogP contribution in [0, 0.1) is 0 Å². The standard InChI is InChI=1S/C24H29N3O4/c1-6-20(30-19-13-9-17(10-14-19)24(2,3)4)23(28)25-15-21-26-22(27-31-21)16-7-11-18(29-5)12-8-16/h7-14,20H,6,15H2,1-5H3,(H,25,28)/t20-/m1/s1. The number of nitrogens with one attached hydrogen (secondary N) is 1. The number of benzene rings is 2. The lowest BCUT2D eigenvalue weighted by atomic mass is 9.87. The Labute approximate surface area is 182 Å². The van der Waals surface area contributed by atoms with Gasteiger partial charge < -0.3 is 19.3 Å². The van der Waals surface area contributed by atoms with Crippen LogP contribution in [0.15, 0.2) is 53.1 Å². The van der Waals surface area contributed by atoms with Crippen molar-refractivity contribution in [1.29, 1.82) is 0 Å². The van der Waals surface area contributed by atoms with E-state index in [1.165, 1.54) is 5.56 Å². The minimum Gasteiger partial charge on any atom is -0.497 e. The summed E-state index contributed by atoms with van der Waals surface area (Å²) in [7, 11) is 1.61. The molecule has 0 bridgehead atoms. The van der Waals surface area contributed by atoms with E-state index in [4.69, 9.17) is 14.0 Å². The minimum atomic E-state index is -0.607. The number of amides is 1. The molecule has 7 nitrogen and oxygen atoms in total. The van der Waals surface area contributed by atoms with E-state index in [0.717, 1.165) is 11.3 Å². The maximum absolute atomic E-state index is 12.6. The Hall–Kier alpha value is -3.35. The summed E-state index contributed by atoms with van der Waals surface area (Å²) < 4.78 is 16.3. The molecule has 0 fully saturated rings. The van der Waals surface area contributed by atoms with E-state index >= 15 is 0 Å². The molecule has 7 heteroatoms. The molecule has 3 rings (SSSR count). The first-order chi connectivity index (χ1) is 14.8. The van der Waals surface area contributed by atoms with Gasteiger partial charge in [-0.25, -0.2) is 0 Å². The second kappa shape index (κ2) is 9.64. The predicted molar refractivity (Wildman–Crippen MR) is 118 cm³/mol. The van der Waals surface area contributed by atoms with Gasteiger partial charge in [0.15, 0.2) is 6.10 Å². The number of rotatable bonds is 8. The van der Waals surface area contributed by atoms with Crippen molar-refractivity contribution >= 4 is 5.91 Å². The van der Waals surface area contributed by atoms with E-state index < -0.39 is 6.10 Å². The Bertz CT molecular complexity index is 989.